The molecule has 0 saturated carbocycles. The van der Waals surface area contributed by atoms with Crippen LogP contribution in [0.4, 0.5) is 0 Å². The lowest BCUT2D eigenvalue weighted by atomic mass is 9.93. The number of hydrogen-bond donors (Lipinski definition) is 1. The molecule has 1 N–H and O–H groups in total. The number of nitrogens with one attached hydrogen (secondary N) is 1. The number of Topliss-reactive ketones (excluding diaryl/α,β-unsaturated/α-hetero) is 1. The summed E-state index contributed by atoms with van der Waals surface area (Å²) in [6, 6.07) is 3.70. The van der Waals surface area contributed by atoms with Crippen molar-refractivity contribution >= 4 is 16.8 Å². The number of aryl methyl sites for hydroxylation is 1. The molecular formula is C21H26N6O. The molecule has 1 unspecified atom stereocenters. The molecule has 0 amide bonds. The van der Waals surface area contributed by atoms with Gasteiger partial charge in [-0.05, 0) is 57.8 Å². The Balaban J connectivity index is 1.27. The van der Waals surface area contributed by atoms with E-state index in [1.165, 1.54) is 12.8 Å². The summed E-state index contributed by atoms with van der Waals surface area (Å²) in [5, 5.41) is 9.84. The molecule has 28 heavy (non-hydrogen) atoms. The molecule has 2 aliphatic rings. The number of rotatable bonds is 4. The average molecular weight is 378 g/mol. The van der Waals surface area contributed by atoms with Gasteiger partial charge >= 0.3 is 0 Å². The first kappa shape index (κ1) is 17.6. The van der Waals surface area contributed by atoms with E-state index in [0.717, 1.165) is 67.1 Å². The molecule has 0 bridgehead atoms. The van der Waals surface area contributed by atoms with Gasteiger partial charge in [-0.15, -0.1) is 10.2 Å². The average Bonchev–Trinajstić information content (AvgIpc) is 3.37. The second-order valence-electron chi connectivity index (χ2n) is 8.04. The molecule has 1 fully saturated rings. The van der Waals surface area contributed by atoms with E-state index in [4.69, 9.17) is 0 Å². The number of pyridine rings is 1. The van der Waals surface area contributed by atoms with Crippen LogP contribution in [0.15, 0.2) is 24.5 Å². The third-order valence-corrected chi connectivity index (χ3v) is 6.43. The van der Waals surface area contributed by atoms with Crippen LogP contribution in [0.3, 0.4) is 0 Å². The predicted octanol–water partition coefficient (Wildman–Crippen LogP) is 2.94. The molecular weight excluding hydrogens is 352 g/mol. The quantitative estimate of drug-likeness (QED) is 0.706. The van der Waals surface area contributed by atoms with Crippen molar-refractivity contribution in [1.82, 2.24) is 29.6 Å². The highest BCUT2D eigenvalue weighted by Crippen LogP contribution is 2.30. The van der Waals surface area contributed by atoms with Crippen LogP contribution in [-0.4, -0.2) is 54.5 Å². The molecule has 3 aromatic heterocycles. The third-order valence-electron chi connectivity index (χ3n) is 6.43. The van der Waals surface area contributed by atoms with Gasteiger partial charge in [-0.3, -0.25) is 9.69 Å². The van der Waals surface area contributed by atoms with Crippen LogP contribution in [0.1, 0.15) is 60.5 Å². The van der Waals surface area contributed by atoms with Crippen molar-refractivity contribution in [2.75, 3.05) is 13.1 Å². The lowest BCUT2D eigenvalue weighted by Crippen LogP contribution is -2.44. The first-order chi connectivity index (χ1) is 13.7. The Bertz CT molecular complexity index is 997. The summed E-state index contributed by atoms with van der Waals surface area (Å²) < 4.78 is 2.34. The van der Waals surface area contributed by atoms with Gasteiger partial charge in [-0.2, -0.15) is 0 Å². The van der Waals surface area contributed by atoms with Gasteiger partial charge < -0.3 is 9.55 Å². The summed E-state index contributed by atoms with van der Waals surface area (Å²) in [5.41, 5.74) is 1.51. The van der Waals surface area contributed by atoms with E-state index in [1.807, 2.05) is 19.1 Å². The zero-order valence-corrected chi connectivity index (χ0v) is 16.3. The maximum atomic E-state index is 13.1. The van der Waals surface area contributed by atoms with Crippen LogP contribution in [0.5, 0.6) is 0 Å². The van der Waals surface area contributed by atoms with Gasteiger partial charge in [0.1, 0.15) is 17.3 Å². The third kappa shape index (κ3) is 2.94. The number of H-pyrrole nitrogens is 1. The maximum Gasteiger partial charge on any atom is 0.181 e. The van der Waals surface area contributed by atoms with Crippen molar-refractivity contribution in [2.24, 2.45) is 0 Å². The SMILES string of the molecule is CC(C(=O)c1c[nH]c2ncccc12)N1CCC(c2nnc3n2CCCC3)CC1. The van der Waals surface area contributed by atoms with E-state index in [9.17, 15) is 4.79 Å². The van der Waals surface area contributed by atoms with Crippen LogP contribution in [0.2, 0.25) is 0 Å². The molecule has 1 saturated heterocycles. The summed E-state index contributed by atoms with van der Waals surface area (Å²) in [4.78, 5) is 22.8. The molecule has 7 nitrogen and oxygen atoms in total. The molecule has 146 valence electrons. The monoisotopic (exact) mass is 378 g/mol. The first-order valence-electron chi connectivity index (χ1n) is 10.3. The Morgan fingerprint density at radius 2 is 2.07 bits per heavy atom. The second-order valence-corrected chi connectivity index (χ2v) is 8.04. The van der Waals surface area contributed by atoms with E-state index in [0.29, 0.717) is 5.92 Å². The summed E-state index contributed by atoms with van der Waals surface area (Å²) in [5.74, 6) is 2.93. The number of likely N-dealkylation sites (tertiary alicyclic amines) is 1. The fourth-order valence-electron chi connectivity index (χ4n) is 4.73. The van der Waals surface area contributed by atoms with E-state index < -0.39 is 0 Å². The summed E-state index contributed by atoms with van der Waals surface area (Å²) in [6.45, 7) is 4.92. The van der Waals surface area contributed by atoms with Gasteiger partial charge in [0.15, 0.2) is 5.78 Å². The number of carbonyl (C=O) groups is 1. The molecule has 5 heterocycles. The molecule has 7 heteroatoms. The Labute approximate surface area is 164 Å². The van der Waals surface area contributed by atoms with Crippen LogP contribution in [0, 0.1) is 0 Å². The van der Waals surface area contributed by atoms with Crippen molar-refractivity contribution in [3.63, 3.8) is 0 Å². The van der Waals surface area contributed by atoms with Gasteiger partial charge in [-0.25, -0.2) is 4.98 Å². The molecule has 0 spiro atoms. The van der Waals surface area contributed by atoms with E-state index in [1.54, 1.807) is 12.4 Å². The second kappa shape index (κ2) is 7.13. The van der Waals surface area contributed by atoms with E-state index in [2.05, 4.69) is 29.6 Å². The number of nitrogens with zero attached hydrogens (tertiary/aromatic N) is 5. The van der Waals surface area contributed by atoms with Gasteiger partial charge in [-0.1, -0.05) is 0 Å². The minimum absolute atomic E-state index is 0.132. The largest absolute Gasteiger partial charge is 0.345 e. The van der Waals surface area contributed by atoms with Crippen molar-refractivity contribution in [1.29, 1.82) is 0 Å². The number of hydrogen-bond acceptors (Lipinski definition) is 5. The minimum Gasteiger partial charge on any atom is -0.345 e. The molecule has 5 rings (SSSR count). The van der Waals surface area contributed by atoms with E-state index in [-0.39, 0.29) is 11.8 Å². The van der Waals surface area contributed by atoms with Gasteiger partial charge in [0.2, 0.25) is 0 Å². The first-order valence-corrected chi connectivity index (χ1v) is 10.3. The predicted molar refractivity (Wildman–Crippen MR) is 106 cm³/mol. The number of ketones is 1. The highest BCUT2D eigenvalue weighted by molar-refractivity contribution is 6.09. The van der Waals surface area contributed by atoms with Crippen molar-refractivity contribution in [3.8, 4) is 0 Å². The van der Waals surface area contributed by atoms with Crippen LogP contribution >= 0.6 is 0 Å². The lowest BCUT2D eigenvalue weighted by molar-refractivity contribution is 0.0795. The Morgan fingerprint density at radius 1 is 1.21 bits per heavy atom. The molecule has 3 aromatic rings. The molecule has 1 atom stereocenters. The lowest BCUT2D eigenvalue weighted by Gasteiger charge is -2.35. The normalized spacial score (nSPS) is 19.6. The highest BCUT2D eigenvalue weighted by atomic mass is 16.1. The highest BCUT2D eigenvalue weighted by Gasteiger charge is 2.31. The molecule has 0 aromatic carbocycles. The topological polar surface area (TPSA) is 79.7 Å². The van der Waals surface area contributed by atoms with Crippen LogP contribution in [0.25, 0.3) is 11.0 Å². The summed E-state index contributed by atoms with van der Waals surface area (Å²) in [6.07, 6.45) is 9.10. The molecule has 0 aliphatic carbocycles. The Hall–Kier alpha value is -2.54. The number of piperidine rings is 1. The fourth-order valence-corrected chi connectivity index (χ4v) is 4.73. The standard InChI is InChI=1S/C21H26N6O/c1-14(19(28)17-13-23-20-16(17)5-4-9-22-20)26-11-7-15(8-12-26)21-25-24-18-6-2-3-10-27(18)21/h4-5,9,13-15H,2-3,6-8,10-12H2,1H3,(H,22,23). The number of fused-ring (bicyclic) bond motifs is 2. The van der Waals surface area contributed by atoms with Crippen molar-refractivity contribution < 1.29 is 4.79 Å². The molecule has 2 aliphatic heterocycles. The summed E-state index contributed by atoms with van der Waals surface area (Å²) >= 11 is 0. The number of aromatic amines is 1. The van der Waals surface area contributed by atoms with Crippen LogP contribution in [-0.2, 0) is 13.0 Å². The van der Waals surface area contributed by atoms with Gasteiger partial charge in [0, 0.05) is 42.2 Å². The summed E-state index contributed by atoms with van der Waals surface area (Å²) in [7, 11) is 0. The zero-order chi connectivity index (χ0) is 19.1. The van der Waals surface area contributed by atoms with Crippen molar-refractivity contribution in [2.45, 2.75) is 57.5 Å². The number of carbonyl (C=O) groups excluding carboxylic acids is 1. The zero-order valence-electron chi connectivity index (χ0n) is 16.3. The Kier molecular flexibility index (Phi) is 4.47. The van der Waals surface area contributed by atoms with Gasteiger partial charge in [0.25, 0.3) is 0 Å². The smallest absolute Gasteiger partial charge is 0.181 e. The minimum atomic E-state index is -0.132. The molecule has 0 radical (unpaired) electrons. The number of aromatic nitrogens is 5. The Morgan fingerprint density at radius 3 is 2.93 bits per heavy atom. The van der Waals surface area contributed by atoms with Gasteiger partial charge in [0.05, 0.1) is 6.04 Å². The van der Waals surface area contributed by atoms with Crippen molar-refractivity contribution in [3.05, 3.63) is 41.7 Å². The fraction of sp³-hybridized carbons (Fsp3) is 0.524. The maximum absolute atomic E-state index is 13.1. The van der Waals surface area contributed by atoms with Crippen LogP contribution < -0.4 is 0 Å². The van der Waals surface area contributed by atoms with E-state index >= 15 is 0 Å².